The fourth-order valence-electron chi connectivity index (χ4n) is 1.03. The van der Waals surface area contributed by atoms with Gasteiger partial charge >= 0.3 is 5.97 Å². The van der Waals surface area contributed by atoms with E-state index in [0.717, 1.165) is 6.54 Å². The summed E-state index contributed by atoms with van der Waals surface area (Å²) in [6.07, 6.45) is 0.394. The lowest BCUT2D eigenvalue weighted by atomic mass is 10.3. The van der Waals surface area contributed by atoms with Crippen LogP contribution in [0.3, 0.4) is 0 Å². The number of hydrogen-bond acceptors (Lipinski definition) is 4. The highest BCUT2D eigenvalue weighted by Gasteiger charge is 2.06. The monoisotopic (exact) mass is 213 g/mol. The van der Waals surface area contributed by atoms with Gasteiger partial charge in [0.25, 0.3) is 0 Å². The van der Waals surface area contributed by atoms with Crippen LogP contribution in [0.2, 0.25) is 0 Å². The van der Waals surface area contributed by atoms with Gasteiger partial charge in [0.2, 0.25) is 0 Å². The lowest BCUT2D eigenvalue weighted by Crippen LogP contribution is -2.30. The minimum absolute atomic E-state index is 0.193. The predicted octanol–water partition coefficient (Wildman–Crippen LogP) is 0.521. The first-order chi connectivity index (χ1) is 7.24. The molecule has 0 radical (unpaired) electrons. The topological polar surface area (TPSA) is 38.8 Å². The van der Waals surface area contributed by atoms with Crippen LogP contribution in [0.4, 0.5) is 0 Å². The zero-order valence-electron chi connectivity index (χ0n) is 9.71. The Labute approximate surface area is 91.5 Å². The highest BCUT2D eigenvalue weighted by Crippen LogP contribution is 1.93. The summed E-state index contributed by atoms with van der Waals surface area (Å²) in [5, 5.41) is 0. The molecule has 4 nitrogen and oxygen atoms in total. The summed E-state index contributed by atoms with van der Waals surface area (Å²) in [6.45, 7) is 4.55. The Kier molecular flexibility index (Phi) is 8.84. The summed E-state index contributed by atoms with van der Waals surface area (Å²) >= 11 is 0. The molecule has 0 saturated carbocycles. The summed E-state index contributed by atoms with van der Waals surface area (Å²) in [4.78, 5) is 13.0. The molecule has 0 N–H and O–H groups in total. The minimum Gasteiger partial charge on any atom is -0.469 e. The molecule has 0 aliphatic heterocycles. The van der Waals surface area contributed by atoms with Gasteiger partial charge in [-0.2, -0.15) is 0 Å². The zero-order chi connectivity index (χ0) is 11.5. The van der Waals surface area contributed by atoms with Crippen LogP contribution in [0, 0.1) is 11.8 Å². The van der Waals surface area contributed by atoms with Crippen molar-refractivity contribution >= 4 is 5.97 Å². The van der Waals surface area contributed by atoms with Gasteiger partial charge in [-0.25, -0.2) is 0 Å². The van der Waals surface area contributed by atoms with Crippen molar-refractivity contribution in [1.82, 2.24) is 4.90 Å². The van der Waals surface area contributed by atoms with Crippen molar-refractivity contribution in [3.63, 3.8) is 0 Å². The third-order valence-electron chi connectivity index (χ3n) is 1.95. The summed E-state index contributed by atoms with van der Waals surface area (Å²) in [5.41, 5.74) is 0. The van der Waals surface area contributed by atoms with Gasteiger partial charge in [-0.1, -0.05) is 5.92 Å². The third-order valence-corrected chi connectivity index (χ3v) is 1.95. The normalized spacial score (nSPS) is 9.60. The number of carbonyl (C=O) groups is 1. The SMILES string of the molecule is CC#CCN(CCOC)CCC(=O)OC. The molecule has 0 aliphatic carbocycles. The number of hydrogen-bond donors (Lipinski definition) is 0. The van der Waals surface area contributed by atoms with Crippen LogP contribution in [-0.4, -0.2) is 51.3 Å². The molecule has 0 saturated heterocycles. The van der Waals surface area contributed by atoms with Crippen molar-refractivity contribution in [1.29, 1.82) is 0 Å². The highest BCUT2D eigenvalue weighted by molar-refractivity contribution is 5.69. The van der Waals surface area contributed by atoms with Crippen LogP contribution in [0.15, 0.2) is 0 Å². The van der Waals surface area contributed by atoms with Gasteiger partial charge in [-0.05, 0) is 6.92 Å². The van der Waals surface area contributed by atoms with Crippen LogP contribution in [0.5, 0.6) is 0 Å². The number of carbonyl (C=O) groups excluding carboxylic acids is 1. The highest BCUT2D eigenvalue weighted by atomic mass is 16.5. The first-order valence-corrected chi connectivity index (χ1v) is 4.92. The molecule has 15 heavy (non-hydrogen) atoms. The molecular weight excluding hydrogens is 194 g/mol. The third kappa shape index (κ3) is 7.98. The fourth-order valence-corrected chi connectivity index (χ4v) is 1.03. The number of methoxy groups -OCH3 is 2. The van der Waals surface area contributed by atoms with Gasteiger partial charge in [-0.3, -0.25) is 9.69 Å². The van der Waals surface area contributed by atoms with E-state index in [1.165, 1.54) is 7.11 Å². The Balaban J connectivity index is 3.86. The predicted molar refractivity (Wildman–Crippen MR) is 58.4 cm³/mol. The number of ether oxygens (including phenoxy) is 2. The van der Waals surface area contributed by atoms with Crippen molar-refractivity contribution in [2.24, 2.45) is 0 Å². The molecule has 0 amide bonds. The van der Waals surface area contributed by atoms with Crippen molar-refractivity contribution < 1.29 is 14.3 Å². The minimum atomic E-state index is -0.193. The second kappa shape index (κ2) is 9.50. The molecule has 0 bridgehead atoms. The molecule has 0 aromatic rings. The van der Waals surface area contributed by atoms with Gasteiger partial charge in [0.05, 0.1) is 26.7 Å². The first-order valence-electron chi connectivity index (χ1n) is 4.92. The smallest absolute Gasteiger partial charge is 0.306 e. The van der Waals surface area contributed by atoms with Crippen molar-refractivity contribution in [3.05, 3.63) is 0 Å². The van der Waals surface area contributed by atoms with Gasteiger partial charge in [-0.15, -0.1) is 5.92 Å². The maximum absolute atomic E-state index is 10.9. The summed E-state index contributed by atoms with van der Waals surface area (Å²) in [6, 6.07) is 0. The molecule has 0 atom stereocenters. The van der Waals surface area contributed by atoms with E-state index in [9.17, 15) is 4.79 Å². The van der Waals surface area contributed by atoms with Crippen LogP contribution in [0.1, 0.15) is 13.3 Å². The van der Waals surface area contributed by atoms with Gasteiger partial charge in [0, 0.05) is 20.2 Å². The van der Waals surface area contributed by atoms with Crippen LogP contribution in [0.25, 0.3) is 0 Å². The van der Waals surface area contributed by atoms with Gasteiger partial charge in [0.15, 0.2) is 0 Å². The van der Waals surface area contributed by atoms with E-state index in [0.29, 0.717) is 26.1 Å². The zero-order valence-corrected chi connectivity index (χ0v) is 9.71. The average Bonchev–Trinajstić information content (AvgIpc) is 2.27. The molecule has 0 spiro atoms. The number of nitrogens with zero attached hydrogens (tertiary/aromatic N) is 1. The summed E-state index contributed by atoms with van der Waals surface area (Å²) in [7, 11) is 3.05. The molecule has 0 aliphatic rings. The Morgan fingerprint density at radius 1 is 1.33 bits per heavy atom. The number of rotatable bonds is 7. The van der Waals surface area contributed by atoms with Gasteiger partial charge in [0.1, 0.15) is 0 Å². The summed E-state index contributed by atoms with van der Waals surface area (Å²) < 4.78 is 9.56. The molecule has 0 fully saturated rings. The van der Waals surface area contributed by atoms with E-state index < -0.39 is 0 Å². The molecule has 86 valence electrons. The molecule has 0 aromatic heterocycles. The Morgan fingerprint density at radius 3 is 2.60 bits per heavy atom. The fraction of sp³-hybridized carbons (Fsp3) is 0.727. The second-order valence-corrected chi connectivity index (χ2v) is 3.02. The van der Waals surface area contributed by atoms with E-state index in [1.54, 1.807) is 14.0 Å². The molecule has 0 rings (SSSR count). The molecule has 0 unspecified atom stereocenters. The Bertz CT molecular complexity index is 230. The molecule has 4 heteroatoms. The van der Waals surface area contributed by atoms with Crippen molar-refractivity contribution in [2.45, 2.75) is 13.3 Å². The maximum Gasteiger partial charge on any atom is 0.306 e. The average molecular weight is 213 g/mol. The quantitative estimate of drug-likeness (QED) is 0.456. The van der Waals surface area contributed by atoms with Crippen LogP contribution in [-0.2, 0) is 14.3 Å². The van der Waals surface area contributed by atoms with E-state index in [2.05, 4.69) is 21.5 Å². The van der Waals surface area contributed by atoms with Crippen molar-refractivity contribution in [3.8, 4) is 11.8 Å². The number of esters is 1. The molecular formula is C11H19NO3. The lowest BCUT2D eigenvalue weighted by molar-refractivity contribution is -0.141. The summed E-state index contributed by atoms with van der Waals surface area (Å²) in [5.74, 6) is 5.60. The Morgan fingerprint density at radius 2 is 2.07 bits per heavy atom. The molecule has 0 heterocycles. The first kappa shape index (κ1) is 13.9. The van der Waals surface area contributed by atoms with E-state index in [-0.39, 0.29) is 5.97 Å². The lowest BCUT2D eigenvalue weighted by Gasteiger charge is -2.18. The van der Waals surface area contributed by atoms with E-state index >= 15 is 0 Å². The van der Waals surface area contributed by atoms with E-state index in [4.69, 9.17) is 4.74 Å². The standard InChI is InChI=1S/C11H19NO3/c1-4-5-7-12(9-10-14-2)8-6-11(13)15-3/h6-10H2,1-3H3. The van der Waals surface area contributed by atoms with Gasteiger partial charge < -0.3 is 9.47 Å². The second-order valence-electron chi connectivity index (χ2n) is 3.02. The molecule has 0 aromatic carbocycles. The van der Waals surface area contributed by atoms with Crippen molar-refractivity contribution in [2.75, 3.05) is 40.5 Å². The largest absolute Gasteiger partial charge is 0.469 e. The van der Waals surface area contributed by atoms with Crippen LogP contribution >= 0.6 is 0 Å². The van der Waals surface area contributed by atoms with E-state index in [1.807, 2.05) is 0 Å². The Hall–Kier alpha value is -1.05. The maximum atomic E-state index is 10.9. The van der Waals surface area contributed by atoms with Crippen LogP contribution < -0.4 is 0 Å².